The smallest absolute Gasteiger partial charge is 0.283 e. The van der Waals surface area contributed by atoms with Crippen LogP contribution in [0, 0.1) is 0 Å². The average Bonchev–Trinajstić information content (AvgIpc) is 2.54. The van der Waals surface area contributed by atoms with Crippen molar-refractivity contribution in [2.45, 2.75) is 6.18 Å². The second-order valence-electron chi connectivity index (χ2n) is 3.07. The van der Waals surface area contributed by atoms with Crippen molar-refractivity contribution in [3.8, 4) is 0 Å². The van der Waals surface area contributed by atoms with Gasteiger partial charge >= 0.3 is 6.18 Å². The number of alkyl halides is 3. The number of ketones is 1. The van der Waals surface area contributed by atoms with Crippen molar-refractivity contribution in [1.82, 2.24) is 0 Å². The normalized spacial score (nSPS) is 12.0. The number of thiophene rings is 1. The highest BCUT2D eigenvalue weighted by atomic mass is 35.5. The zero-order valence-electron chi connectivity index (χ0n) is 7.64. The Bertz CT molecular complexity index is 559. The van der Waals surface area contributed by atoms with Crippen LogP contribution in [0.4, 0.5) is 13.2 Å². The number of carbonyl (C=O) groups excluding carboxylic acids is 1. The number of Topliss-reactive ketones (excluding diaryl/α,β-unsaturated/α-hetero) is 1. The first kappa shape index (κ1) is 11.4. The number of hydrogen-bond donors (Lipinski definition) is 0. The average molecular weight is 265 g/mol. The Morgan fingerprint density at radius 1 is 1.25 bits per heavy atom. The van der Waals surface area contributed by atoms with Crippen molar-refractivity contribution in [2.75, 3.05) is 0 Å². The van der Waals surface area contributed by atoms with Gasteiger partial charge in [-0.25, -0.2) is 0 Å². The summed E-state index contributed by atoms with van der Waals surface area (Å²) in [6, 6.07) is 6.54. The molecule has 0 N–H and O–H groups in total. The molecule has 0 saturated carbocycles. The molecule has 6 heteroatoms. The summed E-state index contributed by atoms with van der Waals surface area (Å²) in [6.45, 7) is 0. The van der Waals surface area contributed by atoms with E-state index in [0.29, 0.717) is 10.1 Å². The number of hydrogen-bond acceptors (Lipinski definition) is 2. The lowest BCUT2D eigenvalue weighted by molar-refractivity contribution is -0.0882. The van der Waals surface area contributed by atoms with Gasteiger partial charge in [0, 0.05) is 10.1 Å². The minimum Gasteiger partial charge on any atom is -0.283 e. The maximum absolute atomic E-state index is 12.2. The molecule has 1 nitrogen and oxygen atoms in total. The summed E-state index contributed by atoms with van der Waals surface area (Å²) in [4.78, 5) is 10.6. The molecule has 0 radical (unpaired) electrons. The van der Waals surface area contributed by atoms with Crippen molar-refractivity contribution in [3.63, 3.8) is 0 Å². The molecule has 0 bridgehead atoms. The lowest BCUT2D eigenvalue weighted by Gasteiger charge is -2.02. The molecule has 0 fully saturated rings. The summed E-state index contributed by atoms with van der Waals surface area (Å²) >= 11 is 6.51. The van der Waals surface area contributed by atoms with Crippen LogP contribution >= 0.6 is 22.9 Å². The molecule has 0 amide bonds. The van der Waals surface area contributed by atoms with Crippen LogP contribution in [-0.2, 0) is 0 Å². The van der Waals surface area contributed by atoms with Crippen molar-refractivity contribution < 1.29 is 18.0 Å². The molecule has 0 unspecified atom stereocenters. The fourth-order valence-corrected chi connectivity index (χ4v) is 2.77. The van der Waals surface area contributed by atoms with E-state index in [2.05, 4.69) is 0 Å². The third-order valence-electron chi connectivity index (χ3n) is 2.00. The van der Waals surface area contributed by atoms with Gasteiger partial charge in [-0.1, -0.05) is 29.8 Å². The maximum atomic E-state index is 12.2. The van der Waals surface area contributed by atoms with Crippen molar-refractivity contribution in [2.24, 2.45) is 0 Å². The molecule has 2 aromatic rings. The van der Waals surface area contributed by atoms with E-state index in [1.54, 1.807) is 24.3 Å². The Morgan fingerprint density at radius 3 is 2.44 bits per heavy atom. The SMILES string of the molecule is O=C(c1sc2ccccc2c1Cl)C(F)(F)F. The summed E-state index contributed by atoms with van der Waals surface area (Å²) < 4.78 is 37.3. The molecule has 2 rings (SSSR count). The minimum atomic E-state index is -4.88. The first-order valence-electron chi connectivity index (χ1n) is 4.20. The number of fused-ring (bicyclic) bond motifs is 1. The van der Waals surface area contributed by atoms with Gasteiger partial charge in [0.15, 0.2) is 0 Å². The lowest BCUT2D eigenvalue weighted by Crippen LogP contribution is -2.21. The third kappa shape index (κ3) is 1.81. The molecule has 1 heterocycles. The van der Waals surface area contributed by atoms with Gasteiger partial charge in [-0.2, -0.15) is 13.2 Å². The van der Waals surface area contributed by atoms with E-state index >= 15 is 0 Å². The van der Waals surface area contributed by atoms with Crippen LogP contribution in [0.1, 0.15) is 9.67 Å². The van der Waals surface area contributed by atoms with Gasteiger partial charge in [0.2, 0.25) is 0 Å². The molecule has 0 aliphatic carbocycles. The van der Waals surface area contributed by atoms with Crippen LogP contribution in [0.5, 0.6) is 0 Å². The predicted octanol–water partition coefficient (Wildman–Crippen LogP) is 4.30. The van der Waals surface area contributed by atoms with Crippen molar-refractivity contribution >= 4 is 38.8 Å². The predicted molar refractivity (Wildman–Crippen MR) is 57.2 cm³/mol. The number of benzene rings is 1. The zero-order chi connectivity index (χ0) is 11.9. The van der Waals surface area contributed by atoms with E-state index in [0.717, 1.165) is 11.3 Å². The van der Waals surface area contributed by atoms with Crippen LogP contribution in [-0.4, -0.2) is 12.0 Å². The van der Waals surface area contributed by atoms with Gasteiger partial charge in [-0.15, -0.1) is 11.3 Å². The number of halogens is 4. The van der Waals surface area contributed by atoms with Crippen molar-refractivity contribution in [3.05, 3.63) is 34.2 Å². The van der Waals surface area contributed by atoms with Gasteiger partial charge in [0.1, 0.15) is 0 Å². The fraction of sp³-hybridized carbons (Fsp3) is 0.100. The number of carbonyl (C=O) groups is 1. The minimum absolute atomic E-state index is 0.122. The summed E-state index contributed by atoms with van der Waals surface area (Å²) in [7, 11) is 0. The topological polar surface area (TPSA) is 17.1 Å². The lowest BCUT2D eigenvalue weighted by atomic mass is 10.2. The zero-order valence-corrected chi connectivity index (χ0v) is 9.21. The van der Waals surface area contributed by atoms with Gasteiger partial charge in [-0.3, -0.25) is 4.79 Å². The Labute approximate surface area is 97.4 Å². The molecule has 0 spiro atoms. The standard InChI is InChI=1S/C10H4ClF3OS/c11-7-5-3-1-2-4-6(5)16-8(7)9(15)10(12,13)14/h1-4H. The summed E-state index contributed by atoms with van der Waals surface area (Å²) in [5.41, 5.74) is 0. The summed E-state index contributed by atoms with van der Waals surface area (Å²) in [5, 5.41) is 0.352. The molecule has 0 atom stereocenters. The fourth-order valence-electron chi connectivity index (χ4n) is 1.29. The Kier molecular flexibility index (Phi) is 2.67. The van der Waals surface area contributed by atoms with E-state index in [-0.39, 0.29) is 5.02 Å². The largest absolute Gasteiger partial charge is 0.455 e. The monoisotopic (exact) mass is 264 g/mol. The molecule has 0 aliphatic rings. The van der Waals surface area contributed by atoms with Crippen LogP contribution in [0.3, 0.4) is 0 Å². The van der Waals surface area contributed by atoms with Gasteiger partial charge in [-0.05, 0) is 6.07 Å². The molecule has 1 aromatic heterocycles. The third-order valence-corrected chi connectivity index (χ3v) is 3.67. The van der Waals surface area contributed by atoms with Crippen LogP contribution in [0.25, 0.3) is 10.1 Å². The molecular weight excluding hydrogens is 261 g/mol. The number of rotatable bonds is 1. The van der Waals surface area contributed by atoms with Gasteiger partial charge in [0.05, 0.1) is 9.90 Å². The Hall–Kier alpha value is -1.07. The molecule has 0 saturated heterocycles. The van der Waals surface area contributed by atoms with E-state index < -0.39 is 16.8 Å². The van der Waals surface area contributed by atoms with E-state index in [4.69, 9.17) is 11.6 Å². The van der Waals surface area contributed by atoms with Crippen LogP contribution in [0.15, 0.2) is 24.3 Å². The van der Waals surface area contributed by atoms with Crippen LogP contribution < -0.4 is 0 Å². The summed E-state index contributed by atoms with van der Waals surface area (Å²) in [5.74, 6) is -1.89. The second kappa shape index (κ2) is 3.75. The maximum Gasteiger partial charge on any atom is 0.455 e. The molecule has 1 aromatic carbocycles. The molecular formula is C10H4ClF3OS. The van der Waals surface area contributed by atoms with Crippen molar-refractivity contribution in [1.29, 1.82) is 0 Å². The molecule has 0 aliphatic heterocycles. The van der Waals surface area contributed by atoms with E-state index in [1.807, 2.05) is 0 Å². The second-order valence-corrected chi connectivity index (χ2v) is 4.50. The Morgan fingerprint density at radius 2 is 1.88 bits per heavy atom. The van der Waals surface area contributed by atoms with Gasteiger partial charge < -0.3 is 0 Å². The van der Waals surface area contributed by atoms with E-state index in [9.17, 15) is 18.0 Å². The highest BCUT2D eigenvalue weighted by Crippen LogP contribution is 2.38. The first-order chi connectivity index (χ1) is 7.41. The highest BCUT2D eigenvalue weighted by molar-refractivity contribution is 7.21. The molecule has 16 heavy (non-hydrogen) atoms. The quantitative estimate of drug-likeness (QED) is 0.702. The van der Waals surface area contributed by atoms with E-state index in [1.165, 1.54) is 0 Å². The first-order valence-corrected chi connectivity index (χ1v) is 5.39. The summed E-state index contributed by atoms with van der Waals surface area (Å²) in [6.07, 6.45) is -4.88. The highest BCUT2D eigenvalue weighted by Gasteiger charge is 2.41. The van der Waals surface area contributed by atoms with Gasteiger partial charge in [0.25, 0.3) is 5.78 Å². The molecule has 84 valence electrons. The van der Waals surface area contributed by atoms with Crippen LogP contribution in [0.2, 0.25) is 5.02 Å². The Balaban J connectivity index is 2.63.